The lowest BCUT2D eigenvalue weighted by Gasteiger charge is -2.11. The Kier molecular flexibility index (Phi) is 7.82. The molecule has 7 heteroatoms. The maximum absolute atomic E-state index is 5.27. The van der Waals surface area contributed by atoms with Crippen LogP contribution in [-0.4, -0.2) is 24.5 Å². The number of thiazole rings is 1. The summed E-state index contributed by atoms with van der Waals surface area (Å²) in [5.74, 6) is 1.93. The van der Waals surface area contributed by atoms with E-state index in [1.807, 2.05) is 24.3 Å². The van der Waals surface area contributed by atoms with Gasteiger partial charge in [-0.1, -0.05) is 133 Å². The molecule has 12 aromatic rings. The van der Waals surface area contributed by atoms with Crippen LogP contribution in [0.1, 0.15) is 0 Å². The number of benzene rings is 8. The molecule has 12 rings (SSSR count). The maximum Gasteiger partial charge on any atom is 0.165 e. The number of aromatic nitrogens is 5. The lowest BCUT2D eigenvalue weighted by atomic mass is 10.0. The summed E-state index contributed by atoms with van der Waals surface area (Å²) in [6.45, 7) is 0. The second-order valence-corrected chi connectivity index (χ2v) is 16.7. The molecule has 0 spiro atoms. The van der Waals surface area contributed by atoms with E-state index in [4.69, 9.17) is 19.9 Å². The largest absolute Gasteiger partial charge is 0.309 e. The first kappa shape index (κ1) is 33.8. The maximum atomic E-state index is 5.27. The Labute approximate surface area is 347 Å². The minimum absolute atomic E-state index is 0.635. The summed E-state index contributed by atoms with van der Waals surface area (Å²) in [4.78, 5) is 20.4. The lowest BCUT2D eigenvalue weighted by molar-refractivity contribution is 1.08. The normalized spacial score (nSPS) is 11.7. The summed E-state index contributed by atoms with van der Waals surface area (Å²) in [7, 11) is 0. The van der Waals surface area contributed by atoms with Gasteiger partial charge in [0.05, 0.1) is 21.3 Å². The number of thiophene rings is 1. The molecule has 0 N–H and O–H groups in total. The fourth-order valence-electron chi connectivity index (χ4n) is 8.26. The highest BCUT2D eigenvalue weighted by Crippen LogP contribution is 2.42. The van der Waals surface area contributed by atoms with Gasteiger partial charge in [0.1, 0.15) is 5.01 Å². The molecule has 0 saturated carbocycles. The van der Waals surface area contributed by atoms with Crippen LogP contribution in [0.25, 0.3) is 114 Å². The summed E-state index contributed by atoms with van der Waals surface area (Å²) in [5.41, 5.74) is 10.8. The fourth-order valence-corrected chi connectivity index (χ4v) is 10.4. The molecule has 0 saturated heterocycles. The van der Waals surface area contributed by atoms with E-state index in [0.29, 0.717) is 17.5 Å². The van der Waals surface area contributed by atoms with E-state index < -0.39 is 0 Å². The molecule has 4 aromatic heterocycles. The quantitative estimate of drug-likeness (QED) is 0.168. The molecule has 5 nitrogen and oxygen atoms in total. The van der Waals surface area contributed by atoms with Crippen molar-refractivity contribution in [3.63, 3.8) is 0 Å². The van der Waals surface area contributed by atoms with Crippen LogP contribution in [0.2, 0.25) is 0 Å². The van der Waals surface area contributed by atoms with Crippen molar-refractivity contribution >= 4 is 74.9 Å². The second-order valence-electron chi connectivity index (χ2n) is 14.7. The molecule has 276 valence electrons. The Bertz CT molecular complexity index is 3520. The smallest absolute Gasteiger partial charge is 0.165 e. The first-order valence-corrected chi connectivity index (χ1v) is 21.2. The van der Waals surface area contributed by atoms with Crippen LogP contribution in [0.15, 0.2) is 188 Å². The predicted octanol–water partition coefficient (Wildman–Crippen LogP) is 14.3. The summed E-state index contributed by atoms with van der Waals surface area (Å²) < 4.78 is 5.91. The monoisotopic (exact) mass is 789 g/mol. The first-order valence-electron chi connectivity index (χ1n) is 19.5. The molecular weight excluding hydrogens is 759 g/mol. The van der Waals surface area contributed by atoms with Crippen molar-refractivity contribution in [2.45, 2.75) is 0 Å². The van der Waals surface area contributed by atoms with E-state index in [9.17, 15) is 0 Å². The first-order chi connectivity index (χ1) is 29.2. The summed E-state index contributed by atoms with van der Waals surface area (Å²) >= 11 is 3.52. The highest BCUT2D eigenvalue weighted by Gasteiger charge is 2.19. The van der Waals surface area contributed by atoms with Crippen molar-refractivity contribution in [2.24, 2.45) is 0 Å². The van der Waals surface area contributed by atoms with Crippen LogP contribution in [0.4, 0.5) is 0 Å². The predicted molar refractivity (Wildman–Crippen MR) is 247 cm³/mol. The van der Waals surface area contributed by atoms with Gasteiger partial charge in [-0.05, 0) is 65.7 Å². The Morgan fingerprint density at radius 3 is 1.86 bits per heavy atom. The highest BCUT2D eigenvalue weighted by atomic mass is 32.1. The zero-order valence-corrected chi connectivity index (χ0v) is 33.1. The third kappa shape index (κ3) is 5.74. The van der Waals surface area contributed by atoms with Crippen LogP contribution in [0.5, 0.6) is 0 Å². The average molecular weight is 790 g/mol. The molecule has 0 aliphatic carbocycles. The number of fused-ring (bicyclic) bond motifs is 7. The zero-order valence-electron chi connectivity index (χ0n) is 31.5. The molecule has 0 bridgehead atoms. The minimum atomic E-state index is 0.635. The zero-order chi connectivity index (χ0) is 38.9. The van der Waals surface area contributed by atoms with E-state index >= 15 is 0 Å². The van der Waals surface area contributed by atoms with E-state index in [0.717, 1.165) is 54.2 Å². The van der Waals surface area contributed by atoms with Crippen LogP contribution in [0, 0.1) is 0 Å². The second kappa shape index (κ2) is 13.7. The Hall–Kier alpha value is -7.32. The van der Waals surface area contributed by atoms with Gasteiger partial charge in [0.15, 0.2) is 17.5 Å². The Balaban J connectivity index is 0.981. The molecule has 0 aliphatic rings. The number of hydrogen-bond donors (Lipinski definition) is 0. The van der Waals surface area contributed by atoms with Crippen molar-refractivity contribution in [1.29, 1.82) is 0 Å². The van der Waals surface area contributed by atoms with E-state index in [-0.39, 0.29) is 0 Å². The van der Waals surface area contributed by atoms with Crippen molar-refractivity contribution in [3.05, 3.63) is 188 Å². The van der Waals surface area contributed by atoms with Crippen molar-refractivity contribution < 1.29 is 0 Å². The van der Waals surface area contributed by atoms with Gasteiger partial charge >= 0.3 is 0 Å². The minimum Gasteiger partial charge on any atom is -0.309 e. The Morgan fingerprint density at radius 1 is 0.356 bits per heavy atom. The van der Waals surface area contributed by atoms with Crippen LogP contribution >= 0.6 is 22.7 Å². The molecule has 0 radical (unpaired) electrons. The van der Waals surface area contributed by atoms with Crippen molar-refractivity contribution in [3.8, 4) is 61.5 Å². The van der Waals surface area contributed by atoms with Crippen LogP contribution in [-0.2, 0) is 0 Å². The van der Waals surface area contributed by atoms with E-state index in [1.54, 1.807) is 22.7 Å². The molecule has 0 atom stereocenters. The number of para-hydroxylation sites is 3. The SMILES string of the molecule is c1ccc(-c2nc(-c3ccc4c5ccccc5n(-c5ccccc5)c4c3)nc(-c3cccc4c3sc3ccc(-c5ccc(-c6nc7ccccc7s6)cc5)cc34)n2)cc1. The molecule has 0 fully saturated rings. The number of nitrogens with zero attached hydrogens (tertiary/aromatic N) is 5. The molecule has 8 aromatic carbocycles. The number of hydrogen-bond acceptors (Lipinski definition) is 6. The van der Waals surface area contributed by atoms with Gasteiger partial charge < -0.3 is 4.57 Å². The van der Waals surface area contributed by atoms with Gasteiger partial charge in [0, 0.05) is 58.9 Å². The molecule has 0 unspecified atom stereocenters. The highest BCUT2D eigenvalue weighted by molar-refractivity contribution is 7.26. The third-order valence-electron chi connectivity index (χ3n) is 11.1. The molecule has 4 heterocycles. The lowest BCUT2D eigenvalue weighted by Crippen LogP contribution is -2.00. The third-order valence-corrected chi connectivity index (χ3v) is 13.4. The van der Waals surface area contributed by atoms with Crippen LogP contribution < -0.4 is 0 Å². The van der Waals surface area contributed by atoms with Gasteiger partial charge in [-0.15, -0.1) is 22.7 Å². The van der Waals surface area contributed by atoms with Gasteiger partial charge in [-0.3, -0.25) is 0 Å². The van der Waals surface area contributed by atoms with Gasteiger partial charge in [0.25, 0.3) is 0 Å². The van der Waals surface area contributed by atoms with Crippen molar-refractivity contribution in [2.75, 3.05) is 0 Å². The van der Waals surface area contributed by atoms with Gasteiger partial charge in [-0.25, -0.2) is 19.9 Å². The fraction of sp³-hybridized carbons (Fsp3) is 0. The molecule has 59 heavy (non-hydrogen) atoms. The summed E-state index contributed by atoms with van der Waals surface area (Å²) in [6, 6.07) is 66.3. The van der Waals surface area contributed by atoms with E-state index in [2.05, 4.69) is 168 Å². The average Bonchev–Trinajstić information content (AvgIpc) is 4.01. The van der Waals surface area contributed by atoms with E-state index in [1.165, 1.54) is 42.1 Å². The summed E-state index contributed by atoms with van der Waals surface area (Å²) in [5, 5.41) is 5.84. The summed E-state index contributed by atoms with van der Waals surface area (Å²) in [6.07, 6.45) is 0. The molecule has 0 amide bonds. The van der Waals surface area contributed by atoms with Gasteiger partial charge in [0.2, 0.25) is 0 Å². The van der Waals surface area contributed by atoms with Crippen molar-refractivity contribution in [1.82, 2.24) is 24.5 Å². The topological polar surface area (TPSA) is 56.5 Å². The number of rotatable bonds is 6. The molecule has 0 aliphatic heterocycles. The Morgan fingerprint density at radius 2 is 1.02 bits per heavy atom. The van der Waals surface area contributed by atoms with Crippen LogP contribution in [0.3, 0.4) is 0 Å². The standard InChI is InChI=1S/C52H31N5S2/c1-3-12-33(13-4-1)49-54-50(36-26-28-39-38-16-7-9-20-44(38)57(45(39)31-36)37-14-5-2-6-15-37)56-51(55-49)41-18-11-17-40-42-30-35(27-29-46(42)58-48(40)41)32-22-24-34(25-23-32)52-53-43-19-8-10-21-47(43)59-52/h1-31H. The van der Waals surface area contributed by atoms with Gasteiger partial charge in [-0.2, -0.15) is 0 Å². The molecular formula is C52H31N5S2.